The molecule has 0 N–H and O–H groups in total. The fourth-order valence-electron chi connectivity index (χ4n) is 2.87. The molecule has 1 amide bonds. The second kappa shape index (κ2) is 6.37. The molecule has 1 aliphatic heterocycles. The Kier molecular flexibility index (Phi) is 4.30. The number of benzene rings is 1. The Hall–Kier alpha value is -2.06. The summed E-state index contributed by atoms with van der Waals surface area (Å²) in [5, 5.41) is 8.78. The van der Waals surface area contributed by atoms with Crippen LogP contribution in [0.4, 0.5) is 0 Å². The van der Waals surface area contributed by atoms with Gasteiger partial charge in [-0.25, -0.2) is 0 Å². The molecule has 1 aromatic carbocycles. The van der Waals surface area contributed by atoms with Crippen molar-refractivity contribution in [2.45, 2.75) is 31.9 Å². The molecule has 3 rings (SSSR count). The number of carbonyl (C=O) groups is 1. The minimum atomic E-state index is -0.500. The van der Waals surface area contributed by atoms with E-state index in [4.69, 9.17) is 10.00 Å². The first-order chi connectivity index (χ1) is 10.7. The molecule has 2 fully saturated rings. The Bertz CT molecular complexity index is 567. The maximum Gasteiger partial charge on any atom is 0.263 e. The number of ether oxygens (including phenoxy) is 1. The van der Waals surface area contributed by atoms with Crippen LogP contribution in [0.5, 0.6) is 5.75 Å². The predicted molar refractivity (Wildman–Crippen MR) is 82.4 cm³/mol. The van der Waals surface area contributed by atoms with Gasteiger partial charge in [-0.1, -0.05) is 0 Å². The highest BCUT2D eigenvalue weighted by Gasteiger charge is 2.33. The van der Waals surface area contributed by atoms with Gasteiger partial charge < -0.3 is 9.64 Å². The average Bonchev–Trinajstić information content (AvgIpc) is 3.40. The van der Waals surface area contributed by atoms with E-state index in [2.05, 4.69) is 11.0 Å². The summed E-state index contributed by atoms with van der Waals surface area (Å²) in [4.78, 5) is 16.8. The Balaban J connectivity index is 1.51. The normalized spacial score (nSPS) is 20.3. The van der Waals surface area contributed by atoms with Crippen LogP contribution in [-0.2, 0) is 4.79 Å². The molecule has 1 atom stereocenters. The Morgan fingerprint density at radius 2 is 1.86 bits per heavy atom. The van der Waals surface area contributed by atoms with Crippen LogP contribution in [0.3, 0.4) is 0 Å². The zero-order chi connectivity index (χ0) is 15.5. The van der Waals surface area contributed by atoms with E-state index in [0.717, 1.165) is 32.2 Å². The number of amides is 1. The lowest BCUT2D eigenvalue weighted by molar-refractivity contribution is -0.139. The zero-order valence-electron chi connectivity index (χ0n) is 12.9. The highest BCUT2D eigenvalue weighted by Crippen LogP contribution is 2.27. The standard InChI is InChI=1S/C17H21N3O2/c1-13(22-16-6-2-14(12-18)3-7-16)17(21)20-10-8-19(9-11-20)15-4-5-15/h2-3,6-7,13,15H,4-5,8-11H2,1H3/t13-/m1/s1. The molecule has 0 unspecified atom stereocenters. The Labute approximate surface area is 131 Å². The lowest BCUT2D eigenvalue weighted by Crippen LogP contribution is -2.52. The van der Waals surface area contributed by atoms with Crippen LogP contribution in [-0.4, -0.2) is 54.0 Å². The largest absolute Gasteiger partial charge is 0.481 e. The summed E-state index contributed by atoms with van der Waals surface area (Å²) in [6.45, 7) is 5.31. The van der Waals surface area contributed by atoms with Gasteiger partial charge in [0.25, 0.3) is 5.91 Å². The highest BCUT2D eigenvalue weighted by atomic mass is 16.5. The van der Waals surface area contributed by atoms with Gasteiger partial charge in [-0.15, -0.1) is 0 Å². The summed E-state index contributed by atoms with van der Waals surface area (Å²) < 4.78 is 5.70. The van der Waals surface area contributed by atoms with Gasteiger partial charge in [0.05, 0.1) is 11.6 Å². The van der Waals surface area contributed by atoms with E-state index in [1.54, 1.807) is 31.2 Å². The molecule has 22 heavy (non-hydrogen) atoms. The predicted octanol–water partition coefficient (Wildman–Crippen LogP) is 1.63. The number of carbonyl (C=O) groups excluding carboxylic acids is 1. The van der Waals surface area contributed by atoms with E-state index >= 15 is 0 Å². The van der Waals surface area contributed by atoms with Crippen LogP contribution in [0.25, 0.3) is 0 Å². The minimum Gasteiger partial charge on any atom is -0.481 e. The third-order valence-electron chi connectivity index (χ3n) is 4.33. The Morgan fingerprint density at radius 3 is 2.41 bits per heavy atom. The molecule has 0 bridgehead atoms. The van der Waals surface area contributed by atoms with E-state index in [9.17, 15) is 4.79 Å². The third kappa shape index (κ3) is 3.40. The lowest BCUT2D eigenvalue weighted by Gasteiger charge is -2.35. The summed E-state index contributed by atoms with van der Waals surface area (Å²) >= 11 is 0. The molecule has 1 saturated carbocycles. The molecule has 0 spiro atoms. The molecule has 1 aromatic rings. The summed E-state index contributed by atoms with van der Waals surface area (Å²) in [7, 11) is 0. The molecule has 5 nitrogen and oxygen atoms in total. The number of hydrogen-bond donors (Lipinski definition) is 0. The molecule has 1 heterocycles. The first-order valence-corrected chi connectivity index (χ1v) is 7.87. The second-order valence-electron chi connectivity index (χ2n) is 5.99. The molecular weight excluding hydrogens is 278 g/mol. The third-order valence-corrected chi connectivity index (χ3v) is 4.33. The molecule has 2 aliphatic rings. The number of hydrogen-bond acceptors (Lipinski definition) is 4. The summed E-state index contributed by atoms with van der Waals surface area (Å²) in [5.41, 5.74) is 0.586. The molecule has 0 aromatic heterocycles. The van der Waals surface area contributed by atoms with Crippen LogP contribution < -0.4 is 4.74 Å². The molecule has 1 saturated heterocycles. The van der Waals surface area contributed by atoms with Crippen molar-refractivity contribution < 1.29 is 9.53 Å². The van der Waals surface area contributed by atoms with Crippen molar-refractivity contribution >= 4 is 5.91 Å². The number of rotatable bonds is 4. The van der Waals surface area contributed by atoms with Crippen molar-refractivity contribution in [2.75, 3.05) is 26.2 Å². The van der Waals surface area contributed by atoms with Crippen molar-refractivity contribution in [2.24, 2.45) is 0 Å². The van der Waals surface area contributed by atoms with E-state index < -0.39 is 6.10 Å². The smallest absolute Gasteiger partial charge is 0.263 e. The molecule has 5 heteroatoms. The number of nitriles is 1. The van der Waals surface area contributed by atoms with Crippen molar-refractivity contribution in [3.63, 3.8) is 0 Å². The van der Waals surface area contributed by atoms with Gasteiger partial charge in [0.1, 0.15) is 5.75 Å². The first-order valence-electron chi connectivity index (χ1n) is 7.87. The van der Waals surface area contributed by atoms with Crippen LogP contribution >= 0.6 is 0 Å². The first kappa shape index (κ1) is 14.9. The molecule has 0 radical (unpaired) electrons. The SMILES string of the molecule is C[C@@H](Oc1ccc(C#N)cc1)C(=O)N1CCN(C2CC2)CC1. The van der Waals surface area contributed by atoms with Gasteiger partial charge in [-0.05, 0) is 44.0 Å². The minimum absolute atomic E-state index is 0.0415. The van der Waals surface area contributed by atoms with Gasteiger partial charge in [-0.3, -0.25) is 9.69 Å². The molecular formula is C17H21N3O2. The van der Waals surface area contributed by atoms with E-state index in [0.29, 0.717) is 11.3 Å². The van der Waals surface area contributed by atoms with Crippen LogP contribution in [0, 0.1) is 11.3 Å². The summed E-state index contributed by atoms with van der Waals surface area (Å²) in [6.07, 6.45) is 2.12. The van der Waals surface area contributed by atoms with Crippen molar-refractivity contribution in [1.29, 1.82) is 5.26 Å². The van der Waals surface area contributed by atoms with E-state index in [1.165, 1.54) is 12.8 Å². The van der Waals surface area contributed by atoms with Crippen LogP contribution in [0.1, 0.15) is 25.3 Å². The monoisotopic (exact) mass is 299 g/mol. The van der Waals surface area contributed by atoms with Gasteiger partial charge in [-0.2, -0.15) is 5.26 Å². The van der Waals surface area contributed by atoms with Crippen molar-refractivity contribution in [3.05, 3.63) is 29.8 Å². The second-order valence-corrected chi connectivity index (χ2v) is 5.99. The van der Waals surface area contributed by atoms with E-state index in [1.807, 2.05) is 4.90 Å². The van der Waals surface area contributed by atoms with Gasteiger partial charge in [0.15, 0.2) is 6.10 Å². The quantitative estimate of drug-likeness (QED) is 0.848. The Morgan fingerprint density at radius 1 is 1.23 bits per heavy atom. The molecule has 1 aliphatic carbocycles. The van der Waals surface area contributed by atoms with Gasteiger partial charge in [0.2, 0.25) is 0 Å². The van der Waals surface area contributed by atoms with Gasteiger partial charge >= 0.3 is 0 Å². The summed E-state index contributed by atoms with van der Waals surface area (Å²) in [5.74, 6) is 0.663. The zero-order valence-corrected chi connectivity index (χ0v) is 12.9. The molecule has 116 valence electrons. The number of piperazine rings is 1. The highest BCUT2D eigenvalue weighted by molar-refractivity contribution is 5.81. The lowest BCUT2D eigenvalue weighted by atomic mass is 10.2. The van der Waals surface area contributed by atoms with Crippen molar-refractivity contribution in [1.82, 2.24) is 9.80 Å². The van der Waals surface area contributed by atoms with Crippen LogP contribution in [0.15, 0.2) is 24.3 Å². The van der Waals surface area contributed by atoms with Gasteiger partial charge in [0, 0.05) is 32.2 Å². The fourth-order valence-corrected chi connectivity index (χ4v) is 2.87. The fraction of sp³-hybridized carbons (Fsp3) is 0.529. The number of nitrogens with zero attached hydrogens (tertiary/aromatic N) is 3. The topological polar surface area (TPSA) is 56.6 Å². The maximum absolute atomic E-state index is 12.4. The van der Waals surface area contributed by atoms with Crippen LogP contribution in [0.2, 0.25) is 0 Å². The summed E-state index contributed by atoms with van der Waals surface area (Å²) in [6, 6.07) is 9.68. The maximum atomic E-state index is 12.4. The van der Waals surface area contributed by atoms with E-state index in [-0.39, 0.29) is 5.91 Å². The van der Waals surface area contributed by atoms with Crippen molar-refractivity contribution in [3.8, 4) is 11.8 Å². The average molecular weight is 299 g/mol.